The van der Waals surface area contributed by atoms with Gasteiger partial charge in [0.15, 0.2) is 0 Å². The fourth-order valence-electron chi connectivity index (χ4n) is 2.10. The van der Waals surface area contributed by atoms with E-state index in [2.05, 4.69) is 10.3 Å². The molecule has 100 valence electrons. The molecule has 4 heteroatoms. The lowest BCUT2D eigenvalue weighted by Crippen LogP contribution is -2.15. The van der Waals surface area contributed by atoms with Crippen LogP contribution in [0.5, 0.6) is 5.75 Å². The van der Waals surface area contributed by atoms with E-state index in [4.69, 9.17) is 0 Å². The summed E-state index contributed by atoms with van der Waals surface area (Å²) in [5.41, 5.74) is 2.29. The predicted octanol–water partition coefficient (Wildman–Crippen LogP) is 2.85. The molecule has 0 saturated carbocycles. The topological polar surface area (TPSA) is 65.1 Å². The number of H-pyrrole nitrogens is 1. The van der Waals surface area contributed by atoms with Crippen molar-refractivity contribution in [1.82, 2.24) is 4.98 Å². The first-order valence-electron chi connectivity index (χ1n) is 6.36. The van der Waals surface area contributed by atoms with Crippen molar-refractivity contribution in [1.29, 1.82) is 0 Å². The van der Waals surface area contributed by atoms with Gasteiger partial charge in [-0.1, -0.05) is 18.2 Å². The van der Waals surface area contributed by atoms with Crippen molar-refractivity contribution in [2.75, 3.05) is 5.32 Å². The first-order valence-corrected chi connectivity index (χ1v) is 6.36. The number of aromatic amines is 1. The average molecular weight is 266 g/mol. The second-order valence-electron chi connectivity index (χ2n) is 4.61. The smallest absolute Gasteiger partial charge is 0.253 e. The first-order chi connectivity index (χ1) is 9.72. The summed E-state index contributed by atoms with van der Waals surface area (Å²) in [4.78, 5) is 14.8. The molecule has 2 aromatic carbocycles. The summed E-state index contributed by atoms with van der Waals surface area (Å²) in [7, 11) is 0. The Bertz CT molecular complexity index is 791. The number of hydrogen-bond acceptors (Lipinski definition) is 3. The number of fused-ring (bicyclic) bond motifs is 1. The van der Waals surface area contributed by atoms with Gasteiger partial charge in [-0.25, -0.2) is 0 Å². The Kier molecular flexibility index (Phi) is 3.13. The van der Waals surface area contributed by atoms with Crippen LogP contribution in [0.4, 0.5) is 5.69 Å². The summed E-state index contributed by atoms with van der Waals surface area (Å²) in [5, 5.41) is 13.4. The van der Waals surface area contributed by atoms with Crippen molar-refractivity contribution in [2.45, 2.75) is 6.54 Å². The van der Waals surface area contributed by atoms with Gasteiger partial charge in [-0.15, -0.1) is 0 Å². The molecular formula is C16H14N2O2. The van der Waals surface area contributed by atoms with E-state index in [1.807, 2.05) is 30.3 Å². The summed E-state index contributed by atoms with van der Waals surface area (Å²) in [6.45, 7) is 0.435. The van der Waals surface area contributed by atoms with Gasteiger partial charge >= 0.3 is 0 Å². The highest BCUT2D eigenvalue weighted by molar-refractivity contribution is 5.78. The molecule has 0 aliphatic carbocycles. The van der Waals surface area contributed by atoms with Crippen LogP contribution in [0, 0.1) is 0 Å². The molecule has 0 aliphatic heterocycles. The standard InChI is InChI=1S/C16H14N2O2/c19-14-7-5-13(6-8-14)17-10-12-9-11-3-1-2-4-15(11)18-16(12)20/h1-9,17,19H,10H2,(H,18,20). The molecule has 0 spiro atoms. The highest BCUT2D eigenvalue weighted by Gasteiger charge is 2.02. The normalized spacial score (nSPS) is 10.6. The zero-order chi connectivity index (χ0) is 13.9. The third-order valence-electron chi connectivity index (χ3n) is 3.18. The number of benzene rings is 2. The summed E-state index contributed by atoms with van der Waals surface area (Å²) in [5.74, 6) is 0.221. The molecule has 0 radical (unpaired) electrons. The molecule has 3 rings (SSSR count). The minimum Gasteiger partial charge on any atom is -0.508 e. The monoisotopic (exact) mass is 266 g/mol. The summed E-state index contributed by atoms with van der Waals surface area (Å²) >= 11 is 0. The van der Waals surface area contributed by atoms with Crippen molar-refractivity contribution >= 4 is 16.6 Å². The van der Waals surface area contributed by atoms with Crippen molar-refractivity contribution in [3.8, 4) is 5.75 Å². The number of phenolic OH excluding ortho intramolecular Hbond substituents is 1. The fourth-order valence-corrected chi connectivity index (χ4v) is 2.10. The summed E-state index contributed by atoms with van der Waals surface area (Å²) < 4.78 is 0. The molecule has 0 fully saturated rings. The van der Waals surface area contributed by atoms with E-state index in [1.165, 1.54) is 0 Å². The number of phenols is 1. The molecule has 0 unspecified atom stereocenters. The zero-order valence-corrected chi connectivity index (χ0v) is 10.8. The lowest BCUT2D eigenvalue weighted by Gasteiger charge is -2.07. The minimum atomic E-state index is -0.0880. The van der Waals surface area contributed by atoms with Crippen molar-refractivity contribution in [3.63, 3.8) is 0 Å². The van der Waals surface area contributed by atoms with Gasteiger partial charge in [0.1, 0.15) is 5.75 Å². The van der Waals surface area contributed by atoms with Crippen LogP contribution in [0.1, 0.15) is 5.56 Å². The van der Waals surface area contributed by atoms with Gasteiger partial charge in [0.2, 0.25) is 0 Å². The quantitative estimate of drug-likeness (QED) is 0.639. The van der Waals surface area contributed by atoms with Crippen LogP contribution in [-0.4, -0.2) is 10.1 Å². The van der Waals surface area contributed by atoms with E-state index in [9.17, 15) is 9.90 Å². The van der Waals surface area contributed by atoms with Gasteiger partial charge in [-0.3, -0.25) is 4.79 Å². The van der Waals surface area contributed by atoms with Crippen LogP contribution in [0.25, 0.3) is 10.9 Å². The lowest BCUT2D eigenvalue weighted by molar-refractivity contribution is 0.475. The SMILES string of the molecule is O=c1[nH]c2ccccc2cc1CNc1ccc(O)cc1. The Morgan fingerprint density at radius 1 is 1.05 bits per heavy atom. The number of anilines is 1. The number of rotatable bonds is 3. The molecule has 4 nitrogen and oxygen atoms in total. The van der Waals surface area contributed by atoms with E-state index < -0.39 is 0 Å². The van der Waals surface area contributed by atoms with Gasteiger partial charge in [0.25, 0.3) is 5.56 Å². The van der Waals surface area contributed by atoms with Crippen LogP contribution < -0.4 is 10.9 Å². The molecule has 0 bridgehead atoms. The summed E-state index contributed by atoms with van der Waals surface area (Å²) in [6.07, 6.45) is 0. The number of aromatic hydroxyl groups is 1. The molecule has 0 saturated heterocycles. The predicted molar refractivity (Wildman–Crippen MR) is 80.0 cm³/mol. The summed E-state index contributed by atoms with van der Waals surface area (Å²) in [6, 6.07) is 16.3. The van der Waals surface area contributed by atoms with Crippen LogP contribution in [0.2, 0.25) is 0 Å². The largest absolute Gasteiger partial charge is 0.508 e. The Labute approximate surface area is 115 Å². The maximum atomic E-state index is 12.0. The van der Waals surface area contributed by atoms with E-state index in [1.54, 1.807) is 24.3 Å². The number of aromatic nitrogens is 1. The van der Waals surface area contributed by atoms with Crippen LogP contribution >= 0.6 is 0 Å². The Morgan fingerprint density at radius 2 is 1.80 bits per heavy atom. The average Bonchev–Trinajstić information content (AvgIpc) is 2.47. The number of nitrogens with one attached hydrogen (secondary N) is 2. The second kappa shape index (κ2) is 5.09. The minimum absolute atomic E-state index is 0.0880. The van der Waals surface area contributed by atoms with E-state index in [0.717, 1.165) is 16.6 Å². The van der Waals surface area contributed by atoms with Crippen molar-refractivity contribution in [3.05, 3.63) is 70.5 Å². The number of pyridine rings is 1. The third-order valence-corrected chi connectivity index (χ3v) is 3.18. The van der Waals surface area contributed by atoms with E-state index in [-0.39, 0.29) is 11.3 Å². The van der Waals surface area contributed by atoms with Gasteiger partial charge in [-0.05, 0) is 41.8 Å². The Morgan fingerprint density at radius 3 is 2.60 bits per heavy atom. The molecule has 1 heterocycles. The van der Waals surface area contributed by atoms with Gasteiger partial charge < -0.3 is 15.4 Å². The molecule has 1 aromatic heterocycles. The fraction of sp³-hybridized carbons (Fsp3) is 0.0625. The maximum absolute atomic E-state index is 12.0. The van der Waals surface area contributed by atoms with Crippen LogP contribution in [0.15, 0.2) is 59.4 Å². The highest BCUT2D eigenvalue weighted by atomic mass is 16.3. The maximum Gasteiger partial charge on any atom is 0.253 e. The zero-order valence-electron chi connectivity index (χ0n) is 10.8. The van der Waals surface area contributed by atoms with Gasteiger partial charge in [-0.2, -0.15) is 0 Å². The number of hydrogen-bond donors (Lipinski definition) is 3. The van der Waals surface area contributed by atoms with E-state index >= 15 is 0 Å². The van der Waals surface area contributed by atoms with Crippen LogP contribution in [-0.2, 0) is 6.54 Å². The Balaban J connectivity index is 1.85. The molecule has 20 heavy (non-hydrogen) atoms. The van der Waals surface area contributed by atoms with Gasteiger partial charge in [0, 0.05) is 23.3 Å². The van der Waals surface area contributed by atoms with Gasteiger partial charge in [0.05, 0.1) is 0 Å². The highest BCUT2D eigenvalue weighted by Crippen LogP contribution is 2.15. The lowest BCUT2D eigenvalue weighted by atomic mass is 10.1. The molecule has 0 aliphatic rings. The third kappa shape index (κ3) is 2.49. The molecule has 0 atom stereocenters. The Hall–Kier alpha value is -2.75. The molecule has 3 N–H and O–H groups in total. The number of para-hydroxylation sites is 1. The van der Waals surface area contributed by atoms with Crippen molar-refractivity contribution in [2.24, 2.45) is 0 Å². The molecular weight excluding hydrogens is 252 g/mol. The van der Waals surface area contributed by atoms with E-state index in [0.29, 0.717) is 12.1 Å². The van der Waals surface area contributed by atoms with Crippen molar-refractivity contribution < 1.29 is 5.11 Å². The first kappa shape index (κ1) is 12.3. The molecule has 0 amide bonds. The van der Waals surface area contributed by atoms with Crippen LogP contribution in [0.3, 0.4) is 0 Å². The molecule has 3 aromatic rings. The second-order valence-corrected chi connectivity index (χ2v) is 4.61.